The lowest BCUT2D eigenvalue weighted by atomic mass is 10.1. The SMILES string of the molecule is Cn1cc(C(=O)Nc2ccc3ccccc3c2)c(-c2ccc(F)cc2F)n1. The summed E-state index contributed by atoms with van der Waals surface area (Å²) < 4.78 is 28.8. The molecule has 134 valence electrons. The molecule has 6 heteroatoms. The van der Waals surface area contributed by atoms with Crippen molar-refractivity contribution < 1.29 is 13.6 Å². The van der Waals surface area contributed by atoms with Gasteiger partial charge in [-0.15, -0.1) is 0 Å². The molecule has 0 aliphatic heterocycles. The Morgan fingerprint density at radius 3 is 2.56 bits per heavy atom. The number of aromatic nitrogens is 2. The zero-order chi connectivity index (χ0) is 19.0. The molecule has 0 atom stereocenters. The topological polar surface area (TPSA) is 46.9 Å². The highest BCUT2D eigenvalue weighted by molar-refractivity contribution is 6.08. The van der Waals surface area contributed by atoms with E-state index in [2.05, 4.69) is 10.4 Å². The van der Waals surface area contributed by atoms with Gasteiger partial charge in [0.05, 0.1) is 5.56 Å². The van der Waals surface area contributed by atoms with E-state index in [1.165, 1.54) is 16.9 Å². The summed E-state index contributed by atoms with van der Waals surface area (Å²) in [5.41, 5.74) is 1.05. The Labute approximate surface area is 154 Å². The molecule has 4 aromatic rings. The molecule has 4 rings (SSSR count). The van der Waals surface area contributed by atoms with Gasteiger partial charge in [-0.05, 0) is 35.0 Å². The molecule has 1 heterocycles. The number of nitrogens with zero attached hydrogens (tertiary/aromatic N) is 2. The average molecular weight is 363 g/mol. The number of aryl methyl sites for hydroxylation is 1. The fraction of sp³-hybridized carbons (Fsp3) is 0.0476. The third-order valence-corrected chi connectivity index (χ3v) is 4.27. The molecule has 0 saturated heterocycles. The average Bonchev–Trinajstić information content (AvgIpc) is 3.03. The standard InChI is InChI=1S/C21H15F2N3O/c1-26-12-18(20(25-26)17-9-7-15(22)11-19(17)23)21(27)24-16-8-6-13-4-2-3-5-14(13)10-16/h2-12H,1H3,(H,24,27). The highest BCUT2D eigenvalue weighted by Gasteiger charge is 2.20. The number of hydrogen-bond donors (Lipinski definition) is 1. The van der Waals surface area contributed by atoms with Crippen LogP contribution in [0.1, 0.15) is 10.4 Å². The first-order chi connectivity index (χ1) is 13.0. The molecule has 1 amide bonds. The zero-order valence-electron chi connectivity index (χ0n) is 14.4. The summed E-state index contributed by atoms with van der Waals surface area (Å²) in [6.07, 6.45) is 1.51. The van der Waals surface area contributed by atoms with E-state index in [1.807, 2.05) is 36.4 Å². The van der Waals surface area contributed by atoms with Gasteiger partial charge in [0, 0.05) is 30.6 Å². The van der Waals surface area contributed by atoms with E-state index in [4.69, 9.17) is 0 Å². The molecule has 0 radical (unpaired) electrons. The van der Waals surface area contributed by atoms with Gasteiger partial charge in [-0.25, -0.2) is 8.78 Å². The molecule has 0 spiro atoms. The zero-order valence-corrected chi connectivity index (χ0v) is 14.4. The molecular formula is C21H15F2N3O. The number of anilines is 1. The van der Waals surface area contributed by atoms with Crippen LogP contribution in [-0.2, 0) is 7.05 Å². The van der Waals surface area contributed by atoms with E-state index in [0.717, 1.165) is 22.9 Å². The van der Waals surface area contributed by atoms with E-state index in [0.29, 0.717) is 5.69 Å². The Morgan fingerprint density at radius 1 is 1.00 bits per heavy atom. The Hall–Kier alpha value is -3.54. The van der Waals surface area contributed by atoms with Crippen LogP contribution < -0.4 is 5.32 Å². The van der Waals surface area contributed by atoms with E-state index in [-0.39, 0.29) is 16.8 Å². The van der Waals surface area contributed by atoms with Crippen molar-refractivity contribution >= 4 is 22.4 Å². The van der Waals surface area contributed by atoms with Crippen molar-refractivity contribution in [2.24, 2.45) is 7.05 Å². The largest absolute Gasteiger partial charge is 0.322 e. The smallest absolute Gasteiger partial charge is 0.259 e. The normalized spacial score (nSPS) is 10.9. The molecule has 0 aliphatic carbocycles. The number of carbonyl (C=O) groups is 1. The number of benzene rings is 3. The first-order valence-corrected chi connectivity index (χ1v) is 8.30. The maximum atomic E-state index is 14.2. The van der Waals surface area contributed by atoms with Crippen LogP contribution in [-0.4, -0.2) is 15.7 Å². The van der Waals surface area contributed by atoms with Crippen LogP contribution in [0, 0.1) is 11.6 Å². The van der Waals surface area contributed by atoms with Crippen LogP contribution in [0.5, 0.6) is 0 Å². The maximum Gasteiger partial charge on any atom is 0.259 e. The van der Waals surface area contributed by atoms with Crippen LogP contribution in [0.4, 0.5) is 14.5 Å². The fourth-order valence-electron chi connectivity index (χ4n) is 3.00. The molecule has 0 bridgehead atoms. The molecule has 0 fully saturated rings. The molecular weight excluding hydrogens is 348 g/mol. The monoisotopic (exact) mass is 363 g/mol. The summed E-state index contributed by atoms with van der Waals surface area (Å²) in [4.78, 5) is 12.8. The van der Waals surface area contributed by atoms with Crippen molar-refractivity contribution in [3.8, 4) is 11.3 Å². The second-order valence-corrected chi connectivity index (χ2v) is 6.21. The van der Waals surface area contributed by atoms with Crippen molar-refractivity contribution in [2.45, 2.75) is 0 Å². The minimum atomic E-state index is -0.770. The lowest BCUT2D eigenvalue weighted by Gasteiger charge is -2.07. The van der Waals surface area contributed by atoms with Crippen LogP contribution in [0.3, 0.4) is 0 Å². The Bertz CT molecular complexity index is 1170. The van der Waals surface area contributed by atoms with Crippen molar-refractivity contribution in [1.82, 2.24) is 9.78 Å². The van der Waals surface area contributed by atoms with Crippen molar-refractivity contribution in [2.75, 3.05) is 5.32 Å². The van der Waals surface area contributed by atoms with E-state index in [9.17, 15) is 13.6 Å². The van der Waals surface area contributed by atoms with Crippen LogP contribution in [0.2, 0.25) is 0 Å². The first kappa shape index (κ1) is 16.9. The highest BCUT2D eigenvalue weighted by Crippen LogP contribution is 2.27. The second kappa shape index (κ2) is 6.64. The lowest BCUT2D eigenvalue weighted by molar-refractivity contribution is 0.102. The summed E-state index contributed by atoms with van der Waals surface area (Å²) in [5.74, 6) is -1.88. The summed E-state index contributed by atoms with van der Waals surface area (Å²) >= 11 is 0. The predicted molar refractivity (Wildman–Crippen MR) is 100 cm³/mol. The summed E-state index contributed by atoms with van der Waals surface area (Å²) in [6.45, 7) is 0. The number of nitrogens with one attached hydrogen (secondary N) is 1. The summed E-state index contributed by atoms with van der Waals surface area (Å²) in [7, 11) is 1.64. The highest BCUT2D eigenvalue weighted by atomic mass is 19.1. The van der Waals surface area contributed by atoms with Gasteiger partial charge in [0.15, 0.2) is 0 Å². The van der Waals surface area contributed by atoms with Gasteiger partial charge < -0.3 is 5.32 Å². The fourth-order valence-corrected chi connectivity index (χ4v) is 3.00. The molecule has 0 unspecified atom stereocenters. The second-order valence-electron chi connectivity index (χ2n) is 6.21. The Balaban J connectivity index is 1.69. The molecule has 0 saturated carbocycles. The van der Waals surface area contributed by atoms with Crippen molar-refractivity contribution in [3.05, 3.63) is 84.1 Å². The number of amides is 1. The van der Waals surface area contributed by atoms with Gasteiger partial charge in [0.2, 0.25) is 0 Å². The van der Waals surface area contributed by atoms with Crippen LogP contribution in [0.15, 0.2) is 66.9 Å². The number of hydrogen-bond acceptors (Lipinski definition) is 2. The Kier molecular flexibility index (Phi) is 4.16. The van der Waals surface area contributed by atoms with Gasteiger partial charge in [0.25, 0.3) is 5.91 Å². The molecule has 4 nitrogen and oxygen atoms in total. The Morgan fingerprint density at radius 2 is 1.78 bits per heavy atom. The van der Waals surface area contributed by atoms with Gasteiger partial charge >= 0.3 is 0 Å². The van der Waals surface area contributed by atoms with Gasteiger partial charge in [-0.3, -0.25) is 9.48 Å². The number of rotatable bonds is 3. The van der Waals surface area contributed by atoms with E-state index >= 15 is 0 Å². The first-order valence-electron chi connectivity index (χ1n) is 8.30. The van der Waals surface area contributed by atoms with Crippen molar-refractivity contribution in [1.29, 1.82) is 0 Å². The van der Waals surface area contributed by atoms with Gasteiger partial charge in [-0.2, -0.15) is 5.10 Å². The summed E-state index contributed by atoms with van der Waals surface area (Å²) in [5, 5.41) is 9.05. The third-order valence-electron chi connectivity index (χ3n) is 4.27. The number of carbonyl (C=O) groups excluding carboxylic acids is 1. The van der Waals surface area contributed by atoms with Crippen LogP contribution in [0.25, 0.3) is 22.0 Å². The molecule has 3 aromatic carbocycles. The lowest BCUT2D eigenvalue weighted by Crippen LogP contribution is -2.12. The number of halogens is 2. The van der Waals surface area contributed by atoms with Gasteiger partial charge in [0.1, 0.15) is 17.3 Å². The van der Waals surface area contributed by atoms with E-state index in [1.54, 1.807) is 13.1 Å². The van der Waals surface area contributed by atoms with Crippen molar-refractivity contribution in [3.63, 3.8) is 0 Å². The molecule has 0 aliphatic rings. The molecule has 1 N–H and O–H groups in total. The maximum absolute atomic E-state index is 14.2. The predicted octanol–water partition coefficient (Wildman–Crippen LogP) is 4.77. The van der Waals surface area contributed by atoms with E-state index < -0.39 is 17.5 Å². The minimum absolute atomic E-state index is 0.0701. The molecule has 1 aromatic heterocycles. The summed E-state index contributed by atoms with van der Waals surface area (Å²) in [6, 6.07) is 16.6. The van der Waals surface area contributed by atoms with Gasteiger partial charge in [-0.1, -0.05) is 30.3 Å². The number of fused-ring (bicyclic) bond motifs is 1. The van der Waals surface area contributed by atoms with Crippen LogP contribution >= 0.6 is 0 Å². The molecule has 27 heavy (non-hydrogen) atoms. The quantitative estimate of drug-likeness (QED) is 0.570. The third kappa shape index (κ3) is 3.29. The minimum Gasteiger partial charge on any atom is -0.322 e.